The van der Waals surface area contributed by atoms with E-state index in [9.17, 15) is 40.2 Å². The molecule has 0 saturated carbocycles. The number of carboxylic acids is 2. The minimum absolute atomic E-state index is 0.111. The van der Waals surface area contributed by atoms with Gasteiger partial charge in [0.25, 0.3) is 0 Å². The number of rotatable bonds is 19. The van der Waals surface area contributed by atoms with Crippen LogP contribution in [-0.2, 0) is 20.4 Å². The normalized spacial score (nSPS) is 11.8. The first kappa shape index (κ1) is 35.9. The van der Waals surface area contributed by atoms with Gasteiger partial charge in [0.1, 0.15) is 23.0 Å². The van der Waals surface area contributed by atoms with Gasteiger partial charge in [-0.2, -0.15) is 0 Å². The van der Waals surface area contributed by atoms with Gasteiger partial charge >= 0.3 is 11.9 Å². The SMILES string of the molecule is O=C(O)CC(CCCCCCCCCCC(CC(=O)O)(c1ccc(O)cc1)c1ccc(O)cc1)(c1ccc(O)cc1)c1ccc(O)cc1. The number of carboxylic acid groups (broad SMARTS) is 2. The molecule has 0 saturated heterocycles. The lowest BCUT2D eigenvalue weighted by atomic mass is 9.68. The van der Waals surface area contributed by atoms with Crippen molar-refractivity contribution in [3.63, 3.8) is 0 Å². The fraction of sp³-hybridized carbons (Fsp3) is 0.350. The van der Waals surface area contributed by atoms with Gasteiger partial charge in [-0.25, -0.2) is 0 Å². The molecule has 0 atom stereocenters. The van der Waals surface area contributed by atoms with Crippen molar-refractivity contribution >= 4 is 11.9 Å². The van der Waals surface area contributed by atoms with Crippen molar-refractivity contribution in [1.29, 1.82) is 0 Å². The summed E-state index contributed by atoms with van der Waals surface area (Å²) in [6.07, 6.45) is 8.53. The Morgan fingerprint density at radius 2 is 0.583 bits per heavy atom. The van der Waals surface area contributed by atoms with Gasteiger partial charge in [-0.05, 0) is 83.6 Å². The Labute approximate surface area is 282 Å². The van der Waals surface area contributed by atoms with Gasteiger partial charge in [-0.1, -0.05) is 99.9 Å². The molecule has 0 aliphatic rings. The van der Waals surface area contributed by atoms with Crippen molar-refractivity contribution in [2.24, 2.45) is 0 Å². The molecule has 0 unspecified atom stereocenters. The van der Waals surface area contributed by atoms with Gasteiger partial charge in [-0.3, -0.25) is 9.59 Å². The van der Waals surface area contributed by atoms with E-state index in [1.54, 1.807) is 97.1 Å². The molecule has 0 aliphatic carbocycles. The van der Waals surface area contributed by atoms with Crippen LogP contribution in [0, 0.1) is 0 Å². The summed E-state index contributed by atoms with van der Waals surface area (Å²) < 4.78 is 0. The summed E-state index contributed by atoms with van der Waals surface area (Å²) >= 11 is 0. The number of hydrogen-bond acceptors (Lipinski definition) is 6. The zero-order chi connectivity index (χ0) is 34.6. The largest absolute Gasteiger partial charge is 0.508 e. The summed E-state index contributed by atoms with van der Waals surface area (Å²) in [5, 5.41) is 59.3. The summed E-state index contributed by atoms with van der Waals surface area (Å²) in [5.41, 5.74) is 1.65. The van der Waals surface area contributed by atoms with Crippen molar-refractivity contribution in [3.8, 4) is 23.0 Å². The van der Waals surface area contributed by atoms with Crippen molar-refractivity contribution in [3.05, 3.63) is 119 Å². The van der Waals surface area contributed by atoms with E-state index in [2.05, 4.69) is 0 Å². The van der Waals surface area contributed by atoms with Crippen molar-refractivity contribution in [2.45, 2.75) is 87.9 Å². The molecule has 8 heteroatoms. The first-order valence-electron chi connectivity index (χ1n) is 16.7. The molecule has 6 N–H and O–H groups in total. The summed E-state index contributed by atoms with van der Waals surface area (Å²) in [6.45, 7) is 0. The lowest BCUT2D eigenvalue weighted by Crippen LogP contribution is -2.31. The third-order valence-electron chi connectivity index (χ3n) is 9.54. The monoisotopic (exact) mass is 654 g/mol. The molecule has 0 bridgehead atoms. The number of unbranched alkanes of at least 4 members (excludes halogenated alkanes) is 7. The van der Waals surface area contributed by atoms with Gasteiger partial charge in [0.2, 0.25) is 0 Å². The van der Waals surface area contributed by atoms with E-state index in [0.29, 0.717) is 12.8 Å². The second-order valence-electron chi connectivity index (χ2n) is 12.8. The predicted octanol–water partition coefficient (Wildman–Crippen LogP) is 8.63. The van der Waals surface area contributed by atoms with Crippen LogP contribution < -0.4 is 0 Å². The molecule has 4 aromatic carbocycles. The van der Waals surface area contributed by atoms with E-state index in [1.165, 1.54) is 0 Å². The maximum absolute atomic E-state index is 12.1. The molecule has 4 rings (SSSR count). The minimum Gasteiger partial charge on any atom is -0.508 e. The zero-order valence-electron chi connectivity index (χ0n) is 27.2. The van der Waals surface area contributed by atoms with Crippen LogP contribution in [0.15, 0.2) is 97.1 Å². The van der Waals surface area contributed by atoms with Crippen molar-refractivity contribution in [2.75, 3.05) is 0 Å². The van der Waals surface area contributed by atoms with Gasteiger partial charge < -0.3 is 30.6 Å². The van der Waals surface area contributed by atoms with Crippen LogP contribution >= 0.6 is 0 Å². The lowest BCUT2D eigenvalue weighted by molar-refractivity contribution is -0.139. The van der Waals surface area contributed by atoms with E-state index in [1.807, 2.05) is 0 Å². The van der Waals surface area contributed by atoms with Crippen LogP contribution in [0.4, 0.5) is 0 Å². The Bertz CT molecular complexity index is 1380. The fourth-order valence-corrected chi connectivity index (χ4v) is 7.05. The second kappa shape index (κ2) is 16.7. The van der Waals surface area contributed by atoms with E-state index in [4.69, 9.17) is 0 Å². The molecule has 0 amide bonds. The average molecular weight is 655 g/mol. The molecule has 254 valence electrons. The Kier molecular flexibility index (Phi) is 12.5. The topological polar surface area (TPSA) is 156 Å². The molecule has 0 radical (unpaired) electrons. The standard InChI is InChI=1S/C40H46O8/c41-33-17-9-29(10-18-33)39(27-37(45)46,30-11-19-34(42)20-12-30)25-7-5-3-1-2-4-6-8-26-40(28-38(47)48,31-13-21-35(43)22-14-31)32-15-23-36(44)24-16-32/h9-24,41-44H,1-8,25-28H2,(H,45,46)(H,47,48). The third kappa shape index (κ3) is 9.31. The number of aromatic hydroxyl groups is 4. The number of phenols is 4. The molecule has 0 aromatic heterocycles. The smallest absolute Gasteiger partial charge is 0.304 e. The van der Waals surface area contributed by atoms with E-state index in [0.717, 1.165) is 73.6 Å². The Morgan fingerprint density at radius 3 is 0.792 bits per heavy atom. The highest BCUT2D eigenvalue weighted by atomic mass is 16.4. The molecular weight excluding hydrogens is 608 g/mol. The molecule has 4 aromatic rings. The Hall–Kier alpha value is -4.98. The minimum atomic E-state index is -0.917. The van der Waals surface area contributed by atoms with Gasteiger partial charge in [0, 0.05) is 10.8 Å². The maximum Gasteiger partial charge on any atom is 0.304 e. The van der Waals surface area contributed by atoms with E-state index < -0.39 is 22.8 Å². The summed E-state index contributed by atoms with van der Waals surface area (Å²) in [6, 6.07) is 26.8. The predicted molar refractivity (Wildman–Crippen MR) is 185 cm³/mol. The maximum atomic E-state index is 12.1. The van der Waals surface area contributed by atoms with E-state index >= 15 is 0 Å². The Balaban J connectivity index is 1.33. The summed E-state index contributed by atoms with van der Waals surface area (Å²) in [7, 11) is 0. The summed E-state index contributed by atoms with van der Waals surface area (Å²) in [4.78, 5) is 24.2. The quantitative estimate of drug-likeness (QED) is 0.0549. The number of hydrogen-bond donors (Lipinski definition) is 6. The van der Waals surface area contributed by atoms with Crippen LogP contribution in [0.25, 0.3) is 0 Å². The zero-order valence-corrected chi connectivity index (χ0v) is 27.2. The van der Waals surface area contributed by atoms with Crippen molar-refractivity contribution in [1.82, 2.24) is 0 Å². The summed E-state index contributed by atoms with van der Waals surface area (Å²) in [5.74, 6) is -1.38. The lowest BCUT2D eigenvalue weighted by Gasteiger charge is -2.34. The number of aliphatic carboxylic acids is 2. The van der Waals surface area contributed by atoms with Gasteiger partial charge in [0.15, 0.2) is 0 Å². The first-order valence-corrected chi connectivity index (χ1v) is 16.7. The highest BCUT2D eigenvalue weighted by Crippen LogP contribution is 2.43. The second-order valence-corrected chi connectivity index (χ2v) is 12.8. The molecule has 0 aliphatic heterocycles. The average Bonchev–Trinajstić information content (AvgIpc) is 3.05. The third-order valence-corrected chi connectivity index (χ3v) is 9.54. The van der Waals surface area contributed by atoms with Crippen molar-refractivity contribution < 1.29 is 40.2 Å². The fourth-order valence-electron chi connectivity index (χ4n) is 7.05. The van der Waals surface area contributed by atoms with Gasteiger partial charge in [0.05, 0.1) is 12.8 Å². The molecule has 0 heterocycles. The van der Waals surface area contributed by atoms with E-state index in [-0.39, 0.29) is 35.8 Å². The number of phenolic OH excluding ortho intramolecular Hbond substituents is 4. The molecular formula is C40H46O8. The van der Waals surface area contributed by atoms with Crippen LogP contribution in [0.3, 0.4) is 0 Å². The van der Waals surface area contributed by atoms with Gasteiger partial charge in [-0.15, -0.1) is 0 Å². The molecule has 48 heavy (non-hydrogen) atoms. The highest BCUT2D eigenvalue weighted by molar-refractivity contribution is 5.71. The van der Waals surface area contributed by atoms with Crippen LogP contribution in [0.1, 0.15) is 99.3 Å². The van der Waals surface area contributed by atoms with Crippen LogP contribution in [0.2, 0.25) is 0 Å². The number of benzene rings is 4. The molecule has 0 fully saturated rings. The highest BCUT2D eigenvalue weighted by Gasteiger charge is 2.37. The van der Waals surface area contributed by atoms with Crippen LogP contribution in [-0.4, -0.2) is 42.6 Å². The van der Waals surface area contributed by atoms with Crippen LogP contribution in [0.5, 0.6) is 23.0 Å². The molecule has 8 nitrogen and oxygen atoms in total. The molecule has 0 spiro atoms. The number of carbonyl (C=O) groups is 2. The Morgan fingerprint density at radius 1 is 0.375 bits per heavy atom. The first-order chi connectivity index (χ1) is 23.0.